The van der Waals surface area contributed by atoms with E-state index in [1.165, 1.54) is 6.92 Å². The normalized spacial score (nSPS) is 5.00. The van der Waals surface area contributed by atoms with Gasteiger partial charge in [0.2, 0.25) is 0 Å². The molecule has 2 nitrogen and oxygen atoms in total. The largest absolute Gasteiger partial charge is 0.251 e. The third-order valence-electron chi connectivity index (χ3n) is 0.189. The molecular formula is C12H36F4O2. The van der Waals surface area contributed by atoms with E-state index in [1.807, 2.05) is 13.8 Å². The third kappa shape index (κ3) is 8180. The summed E-state index contributed by atoms with van der Waals surface area (Å²) in [5.41, 5.74) is 0. The summed E-state index contributed by atoms with van der Waals surface area (Å²) in [5.74, 6) is 0. The van der Waals surface area contributed by atoms with Crippen molar-refractivity contribution in [2.45, 2.75) is 56.4 Å². The molecule has 18 heavy (non-hydrogen) atoms. The predicted molar refractivity (Wildman–Crippen MR) is 75.7 cm³/mol. The Hall–Kier alpha value is -0.360. The molecule has 0 aromatic rings. The highest BCUT2D eigenvalue weighted by Gasteiger charge is 1.60. The van der Waals surface area contributed by atoms with E-state index >= 15 is 0 Å². The molecule has 0 bridgehead atoms. The van der Waals surface area contributed by atoms with Crippen molar-refractivity contribution in [1.29, 1.82) is 0 Å². The summed E-state index contributed by atoms with van der Waals surface area (Å²) in [5, 5.41) is 0. The van der Waals surface area contributed by atoms with Gasteiger partial charge < -0.3 is 0 Å². The lowest BCUT2D eigenvalue weighted by Crippen LogP contribution is -1.58. The zero-order valence-electron chi connectivity index (χ0n) is 10.4. The zero-order valence-corrected chi connectivity index (χ0v) is 10.4. The van der Waals surface area contributed by atoms with E-state index in [2.05, 4.69) is 9.88 Å². The lowest BCUT2D eigenvalue weighted by atomic mass is 10.6. The highest BCUT2D eigenvalue weighted by molar-refractivity contribution is 4.11. The maximum absolute atomic E-state index is 10.7. The van der Waals surface area contributed by atoms with Gasteiger partial charge in [-0.15, -0.1) is 0 Å². The molecule has 124 valence electrons. The molecule has 0 amide bonds. The van der Waals surface area contributed by atoms with Crippen LogP contribution in [0.15, 0.2) is 0 Å². The van der Waals surface area contributed by atoms with Gasteiger partial charge in [-0.05, 0) is 22.4 Å². The summed E-state index contributed by atoms with van der Waals surface area (Å²) in [7, 11) is 1.92. The number of alkyl halides is 2. The molecule has 0 fully saturated rings. The van der Waals surface area contributed by atoms with Crippen molar-refractivity contribution in [3.63, 3.8) is 0 Å². The van der Waals surface area contributed by atoms with E-state index in [-0.39, 0.29) is 35.6 Å². The van der Waals surface area contributed by atoms with Crippen LogP contribution in [0.5, 0.6) is 0 Å². The molecule has 0 aliphatic heterocycles. The Kier molecular flexibility index (Phi) is 552. The van der Waals surface area contributed by atoms with Crippen LogP contribution < -0.4 is 0 Å². The lowest BCUT2D eigenvalue weighted by molar-refractivity contribution is -0.0960. The van der Waals surface area contributed by atoms with Gasteiger partial charge in [0.25, 0.3) is 0 Å². The van der Waals surface area contributed by atoms with Gasteiger partial charge in [0, 0.05) is 0 Å². The molecular weight excluding hydrogens is 252 g/mol. The van der Waals surface area contributed by atoms with E-state index in [1.54, 1.807) is 6.92 Å². The highest BCUT2D eigenvalue weighted by atomic mass is 19.3. The molecule has 0 aromatic carbocycles. The molecule has 6 heteroatoms. The number of rotatable bonds is 1. The minimum atomic E-state index is -0.250. The van der Waals surface area contributed by atoms with Crippen LogP contribution in [-0.4, -0.2) is 27.6 Å². The Bertz CT molecular complexity index is 38.5. The summed E-state index contributed by atoms with van der Waals surface area (Å²) < 4.78 is 40.6. The van der Waals surface area contributed by atoms with Crippen LogP contribution in [0.1, 0.15) is 56.4 Å². The van der Waals surface area contributed by atoms with Gasteiger partial charge in [0.1, 0.15) is 0 Å². The molecule has 0 heterocycles. The number of halogens is 4. The summed E-state index contributed by atoms with van der Waals surface area (Å²) in [6, 6.07) is 0. The van der Waals surface area contributed by atoms with Crippen LogP contribution in [-0.2, 0) is 9.88 Å². The summed E-state index contributed by atoms with van der Waals surface area (Å²) >= 11 is 0. The van der Waals surface area contributed by atoms with Crippen LogP contribution in [0.2, 0.25) is 0 Å². The fourth-order valence-corrected chi connectivity index (χ4v) is 0. The summed E-state index contributed by atoms with van der Waals surface area (Å²) in [4.78, 5) is 5.50. The standard InChI is InChI=1S/C3H7F.C2H5F.C2H6.2CH3FO.3CH4/c1-2-3-4;1-2-3;1-2;2*1-3-2;;;/h2-3H2,1H3;2H2,1H3;1-2H3;2*1H3;3*1H4. The van der Waals surface area contributed by atoms with Gasteiger partial charge in [-0.3, -0.25) is 8.78 Å². The van der Waals surface area contributed by atoms with Crippen LogP contribution in [0, 0.1) is 0 Å². The Morgan fingerprint density at radius 2 is 0.833 bits per heavy atom. The first-order valence-electron chi connectivity index (χ1n) is 4.57. The molecule has 0 saturated heterocycles. The molecule has 0 rings (SSSR count). The first kappa shape index (κ1) is 52.6. The molecule has 0 unspecified atom stereocenters. The minimum absolute atomic E-state index is 0. The van der Waals surface area contributed by atoms with Crippen LogP contribution >= 0.6 is 0 Å². The minimum Gasteiger partial charge on any atom is -0.251 e. The van der Waals surface area contributed by atoms with Crippen LogP contribution in [0.4, 0.5) is 17.8 Å². The molecule has 0 radical (unpaired) electrons. The Labute approximate surface area is 112 Å². The first-order valence-corrected chi connectivity index (χ1v) is 4.57. The Morgan fingerprint density at radius 3 is 0.833 bits per heavy atom. The highest BCUT2D eigenvalue weighted by Crippen LogP contribution is 1.69. The van der Waals surface area contributed by atoms with Gasteiger partial charge in [-0.1, -0.05) is 43.1 Å². The fraction of sp³-hybridized carbons (Fsp3) is 1.00. The van der Waals surface area contributed by atoms with Crippen molar-refractivity contribution in [2.75, 3.05) is 27.6 Å². The van der Waals surface area contributed by atoms with Crippen molar-refractivity contribution in [3.05, 3.63) is 0 Å². The van der Waals surface area contributed by atoms with Gasteiger partial charge >= 0.3 is 0 Å². The summed E-state index contributed by atoms with van der Waals surface area (Å²) in [6.07, 6.45) is 0.653. The van der Waals surface area contributed by atoms with E-state index in [0.29, 0.717) is 6.42 Å². The second-order valence-electron chi connectivity index (χ2n) is 1.26. The quantitative estimate of drug-likeness (QED) is 0.526. The van der Waals surface area contributed by atoms with E-state index in [9.17, 15) is 17.8 Å². The smallest absolute Gasteiger partial charge is 0.0891 e. The van der Waals surface area contributed by atoms with Crippen molar-refractivity contribution < 1.29 is 27.7 Å². The van der Waals surface area contributed by atoms with Crippen molar-refractivity contribution in [3.8, 4) is 0 Å². The summed E-state index contributed by atoms with van der Waals surface area (Å²) in [6.45, 7) is 6.83. The second-order valence-corrected chi connectivity index (χ2v) is 1.26. The number of hydrogen-bond donors (Lipinski definition) is 0. The van der Waals surface area contributed by atoms with Crippen molar-refractivity contribution in [1.82, 2.24) is 0 Å². The van der Waals surface area contributed by atoms with E-state index < -0.39 is 0 Å². The number of hydrogen-bond acceptors (Lipinski definition) is 2. The van der Waals surface area contributed by atoms with Gasteiger partial charge in [0.15, 0.2) is 0 Å². The van der Waals surface area contributed by atoms with Gasteiger partial charge in [-0.2, -0.15) is 9.88 Å². The average molecular weight is 288 g/mol. The molecule has 0 spiro atoms. The SMILES string of the molecule is C.C.C.CC.CCCF.CCF.COF.COF. The second kappa shape index (κ2) is 189. The molecule has 0 aromatic heterocycles. The maximum atomic E-state index is 10.7. The van der Waals surface area contributed by atoms with Crippen molar-refractivity contribution in [2.24, 2.45) is 0 Å². The van der Waals surface area contributed by atoms with E-state index in [4.69, 9.17) is 0 Å². The van der Waals surface area contributed by atoms with Gasteiger partial charge in [0.05, 0.1) is 27.6 Å². The molecule has 0 saturated carbocycles. The predicted octanol–water partition coefficient (Wildman–Crippen LogP) is 6.31. The van der Waals surface area contributed by atoms with E-state index in [0.717, 1.165) is 14.2 Å². The zero-order chi connectivity index (χ0) is 13.5. The molecule has 0 aliphatic rings. The Balaban J connectivity index is -0.0000000113. The fourth-order valence-electron chi connectivity index (χ4n) is 0. The molecule has 0 atom stereocenters. The van der Waals surface area contributed by atoms with Gasteiger partial charge in [-0.25, -0.2) is 0 Å². The lowest BCUT2D eigenvalue weighted by Gasteiger charge is -1.64. The Morgan fingerprint density at radius 1 is 0.778 bits per heavy atom. The molecule has 0 N–H and O–H groups in total. The third-order valence-corrected chi connectivity index (χ3v) is 0.189. The maximum Gasteiger partial charge on any atom is 0.0891 e. The molecule has 0 aliphatic carbocycles. The monoisotopic (exact) mass is 288 g/mol. The van der Waals surface area contributed by atoms with Crippen molar-refractivity contribution >= 4 is 0 Å². The topological polar surface area (TPSA) is 18.5 Å². The van der Waals surface area contributed by atoms with Crippen LogP contribution in [0.25, 0.3) is 0 Å². The average Bonchev–Trinajstić information content (AvgIpc) is 2.24. The van der Waals surface area contributed by atoms with Crippen LogP contribution in [0.3, 0.4) is 0 Å². The first-order chi connectivity index (χ1) is 7.16.